The summed E-state index contributed by atoms with van der Waals surface area (Å²) in [5, 5.41) is 0. The SMILES string of the molecule is CCCCCCCCCCCCc1ccc(OC(C)COC(=O)C(CC)C[N+](C)(C)Cc2ccccc2)cc1. The van der Waals surface area contributed by atoms with Gasteiger partial charge in [0.05, 0.1) is 20.6 Å². The van der Waals surface area contributed by atoms with E-state index in [0.29, 0.717) is 0 Å². The molecule has 0 saturated heterocycles. The van der Waals surface area contributed by atoms with Crippen LogP contribution in [0.4, 0.5) is 0 Å². The van der Waals surface area contributed by atoms with Gasteiger partial charge in [-0.25, -0.2) is 0 Å². The molecule has 0 aliphatic heterocycles. The van der Waals surface area contributed by atoms with E-state index < -0.39 is 0 Å². The molecule has 0 aromatic heterocycles. The number of carbonyl (C=O) groups is 1. The number of quaternary nitrogens is 1. The molecule has 0 radical (unpaired) electrons. The van der Waals surface area contributed by atoms with Crippen molar-refractivity contribution in [3.05, 3.63) is 65.7 Å². The van der Waals surface area contributed by atoms with E-state index in [9.17, 15) is 4.79 Å². The van der Waals surface area contributed by atoms with Gasteiger partial charge in [-0.05, 0) is 43.9 Å². The molecule has 4 heteroatoms. The molecule has 0 amide bonds. The quantitative estimate of drug-likeness (QED) is 0.0905. The van der Waals surface area contributed by atoms with Gasteiger partial charge in [0.15, 0.2) is 0 Å². The van der Waals surface area contributed by atoms with E-state index in [1.165, 1.54) is 75.3 Å². The van der Waals surface area contributed by atoms with Gasteiger partial charge in [0, 0.05) is 5.56 Å². The summed E-state index contributed by atoms with van der Waals surface area (Å²) >= 11 is 0. The Kier molecular flexibility index (Phi) is 15.9. The first kappa shape index (κ1) is 32.9. The summed E-state index contributed by atoms with van der Waals surface area (Å²) in [4.78, 5) is 12.9. The second kappa shape index (κ2) is 18.9. The summed E-state index contributed by atoms with van der Waals surface area (Å²) in [6.07, 6.45) is 15.4. The minimum Gasteiger partial charge on any atom is -0.487 e. The van der Waals surface area contributed by atoms with E-state index >= 15 is 0 Å². The highest BCUT2D eigenvalue weighted by Gasteiger charge is 2.28. The minimum atomic E-state index is -0.189. The highest BCUT2D eigenvalue weighted by Crippen LogP contribution is 2.19. The number of rotatable bonds is 21. The van der Waals surface area contributed by atoms with E-state index in [1.54, 1.807) is 0 Å². The van der Waals surface area contributed by atoms with Crippen LogP contribution in [0.3, 0.4) is 0 Å². The Morgan fingerprint density at radius 1 is 0.769 bits per heavy atom. The molecule has 0 N–H and O–H groups in total. The van der Waals surface area contributed by atoms with Gasteiger partial charge >= 0.3 is 5.97 Å². The number of carbonyl (C=O) groups excluding carboxylic acids is 1. The van der Waals surface area contributed by atoms with Gasteiger partial charge in [0.25, 0.3) is 0 Å². The number of benzene rings is 2. The Hall–Kier alpha value is -2.33. The molecular weight excluding hydrogens is 482 g/mol. The molecule has 2 aromatic carbocycles. The standard InChI is InChI=1S/C35H56NO3/c1-6-8-9-10-11-12-13-14-15-17-20-31-23-25-34(26-24-31)39-30(3)29-38-35(37)33(7-2)28-36(4,5)27-32-21-18-16-19-22-32/h16,18-19,21-26,30,33H,6-15,17,20,27-29H2,1-5H3/q+1. The van der Waals surface area contributed by atoms with Crippen LogP contribution in [0.2, 0.25) is 0 Å². The van der Waals surface area contributed by atoms with Crippen molar-refractivity contribution in [3.63, 3.8) is 0 Å². The average molecular weight is 539 g/mol. The molecule has 4 nitrogen and oxygen atoms in total. The van der Waals surface area contributed by atoms with Crippen LogP contribution < -0.4 is 4.74 Å². The minimum absolute atomic E-state index is 0.124. The van der Waals surface area contributed by atoms with Crippen LogP contribution in [0.1, 0.15) is 103 Å². The predicted octanol–water partition coefficient (Wildman–Crippen LogP) is 8.76. The van der Waals surface area contributed by atoms with Crippen molar-refractivity contribution in [1.82, 2.24) is 0 Å². The van der Waals surface area contributed by atoms with Crippen molar-refractivity contribution in [2.45, 2.75) is 110 Å². The molecule has 0 bridgehead atoms. The number of aryl methyl sites for hydroxylation is 1. The lowest BCUT2D eigenvalue weighted by Crippen LogP contribution is -2.45. The third kappa shape index (κ3) is 14.6. The highest BCUT2D eigenvalue weighted by molar-refractivity contribution is 5.72. The fraction of sp³-hybridized carbons (Fsp3) is 0.629. The normalized spacial score (nSPS) is 13.2. The van der Waals surface area contributed by atoms with Crippen molar-refractivity contribution in [2.24, 2.45) is 5.92 Å². The van der Waals surface area contributed by atoms with Crippen molar-refractivity contribution in [2.75, 3.05) is 27.2 Å². The zero-order valence-corrected chi connectivity index (χ0v) is 25.6. The van der Waals surface area contributed by atoms with Gasteiger partial charge in [-0.2, -0.15) is 0 Å². The maximum Gasteiger partial charge on any atom is 0.314 e. The van der Waals surface area contributed by atoms with Crippen molar-refractivity contribution in [3.8, 4) is 5.75 Å². The predicted molar refractivity (Wildman–Crippen MR) is 164 cm³/mol. The van der Waals surface area contributed by atoms with Crippen LogP contribution in [0.25, 0.3) is 0 Å². The van der Waals surface area contributed by atoms with Gasteiger partial charge < -0.3 is 14.0 Å². The number of nitrogens with zero attached hydrogens (tertiary/aromatic N) is 1. The molecule has 2 unspecified atom stereocenters. The first-order chi connectivity index (χ1) is 18.8. The third-order valence-electron chi connectivity index (χ3n) is 7.53. The number of hydrogen-bond acceptors (Lipinski definition) is 3. The molecule has 0 saturated carbocycles. The second-order valence-electron chi connectivity index (χ2n) is 12.0. The molecule has 2 aromatic rings. The number of esters is 1. The summed E-state index contributed by atoms with van der Waals surface area (Å²) < 4.78 is 12.5. The first-order valence-electron chi connectivity index (χ1n) is 15.6. The molecule has 2 atom stereocenters. The maximum atomic E-state index is 12.9. The van der Waals surface area contributed by atoms with Crippen LogP contribution in [0.5, 0.6) is 5.75 Å². The molecule has 2 rings (SSSR count). The molecule has 0 fully saturated rings. The maximum absolute atomic E-state index is 12.9. The Labute approximate surface area is 239 Å². The Balaban J connectivity index is 1.63. The molecule has 0 aliphatic carbocycles. The number of unbranched alkanes of at least 4 members (excludes halogenated alkanes) is 9. The number of hydrogen-bond donors (Lipinski definition) is 0. The molecule has 0 aliphatic rings. The summed E-state index contributed by atoms with van der Waals surface area (Å²) in [6.45, 7) is 8.20. The fourth-order valence-corrected chi connectivity index (χ4v) is 5.24. The van der Waals surface area contributed by atoms with E-state index in [0.717, 1.165) is 36.2 Å². The van der Waals surface area contributed by atoms with Crippen LogP contribution in [0.15, 0.2) is 54.6 Å². The summed E-state index contributed by atoms with van der Waals surface area (Å²) in [5.74, 6) is 0.582. The van der Waals surface area contributed by atoms with E-state index in [1.807, 2.05) is 25.1 Å². The van der Waals surface area contributed by atoms with Crippen molar-refractivity contribution in [1.29, 1.82) is 0 Å². The third-order valence-corrected chi connectivity index (χ3v) is 7.53. The van der Waals surface area contributed by atoms with Crippen molar-refractivity contribution >= 4 is 5.97 Å². The van der Waals surface area contributed by atoms with Gasteiger partial charge in [0.1, 0.15) is 30.9 Å². The van der Waals surface area contributed by atoms with E-state index in [4.69, 9.17) is 9.47 Å². The Morgan fingerprint density at radius 2 is 1.36 bits per heavy atom. The van der Waals surface area contributed by atoms with Gasteiger partial charge in [-0.1, -0.05) is 114 Å². The van der Waals surface area contributed by atoms with E-state index in [2.05, 4.69) is 64.3 Å². The molecule has 218 valence electrons. The van der Waals surface area contributed by atoms with Crippen LogP contribution in [-0.2, 0) is 22.5 Å². The zero-order chi connectivity index (χ0) is 28.3. The van der Waals surface area contributed by atoms with Crippen molar-refractivity contribution < 1.29 is 18.8 Å². The van der Waals surface area contributed by atoms with Gasteiger partial charge in [-0.3, -0.25) is 4.79 Å². The van der Waals surface area contributed by atoms with Crippen LogP contribution >= 0.6 is 0 Å². The fourth-order valence-electron chi connectivity index (χ4n) is 5.24. The average Bonchev–Trinajstić information content (AvgIpc) is 2.92. The second-order valence-corrected chi connectivity index (χ2v) is 12.0. The topological polar surface area (TPSA) is 35.5 Å². The van der Waals surface area contributed by atoms with Crippen LogP contribution in [-0.4, -0.2) is 43.8 Å². The summed E-state index contributed by atoms with van der Waals surface area (Å²) in [6, 6.07) is 18.9. The summed E-state index contributed by atoms with van der Waals surface area (Å²) in [5.41, 5.74) is 2.64. The first-order valence-corrected chi connectivity index (χ1v) is 15.6. The zero-order valence-electron chi connectivity index (χ0n) is 25.6. The monoisotopic (exact) mass is 538 g/mol. The molecular formula is C35H56NO3+. The largest absolute Gasteiger partial charge is 0.487 e. The summed E-state index contributed by atoms with van der Waals surface area (Å²) in [7, 11) is 4.35. The van der Waals surface area contributed by atoms with Gasteiger partial charge in [-0.15, -0.1) is 0 Å². The smallest absolute Gasteiger partial charge is 0.314 e. The molecule has 0 heterocycles. The lowest BCUT2D eigenvalue weighted by atomic mass is 10.0. The molecule has 0 spiro atoms. The van der Waals surface area contributed by atoms with E-state index in [-0.39, 0.29) is 24.6 Å². The van der Waals surface area contributed by atoms with Crippen LogP contribution in [0, 0.1) is 5.92 Å². The Morgan fingerprint density at radius 3 is 1.95 bits per heavy atom. The van der Waals surface area contributed by atoms with Gasteiger partial charge in [0.2, 0.25) is 0 Å². The lowest BCUT2D eigenvalue weighted by Gasteiger charge is -2.32. The molecule has 39 heavy (non-hydrogen) atoms. The lowest BCUT2D eigenvalue weighted by molar-refractivity contribution is -0.906. The number of ether oxygens (including phenoxy) is 2. The highest BCUT2D eigenvalue weighted by atomic mass is 16.6. The Bertz CT molecular complexity index is 894.